The smallest absolute Gasteiger partial charge is 0.321 e. The minimum absolute atomic E-state index is 0.0767. The van der Waals surface area contributed by atoms with Gasteiger partial charge in [0.05, 0.1) is 5.75 Å². The zero-order chi connectivity index (χ0) is 13.6. The van der Waals surface area contributed by atoms with Gasteiger partial charge in [0.15, 0.2) is 15.1 Å². The Labute approximate surface area is 108 Å². The number of carboxylic acid groups (broad SMARTS) is 1. The van der Waals surface area contributed by atoms with Gasteiger partial charge in [-0.2, -0.15) is 0 Å². The number of sulfone groups is 1. The zero-order valence-corrected chi connectivity index (χ0v) is 11.2. The van der Waals surface area contributed by atoms with Crippen molar-refractivity contribution in [2.45, 2.75) is 31.4 Å². The molecule has 0 saturated carbocycles. The predicted octanol–water partition coefficient (Wildman–Crippen LogP) is 1.90. The maximum absolute atomic E-state index is 11.8. The van der Waals surface area contributed by atoms with E-state index in [2.05, 4.69) is 0 Å². The minimum atomic E-state index is -3.54. The highest BCUT2D eigenvalue weighted by Crippen LogP contribution is 2.11. The molecule has 0 saturated heterocycles. The van der Waals surface area contributed by atoms with Crippen LogP contribution in [0.5, 0.6) is 0 Å². The molecule has 0 amide bonds. The Morgan fingerprint density at radius 1 is 1.28 bits per heavy atom. The van der Waals surface area contributed by atoms with E-state index in [9.17, 15) is 13.2 Å². The fourth-order valence-electron chi connectivity index (χ4n) is 1.85. The van der Waals surface area contributed by atoms with Gasteiger partial charge in [-0.05, 0) is 24.8 Å². The van der Waals surface area contributed by atoms with Crippen molar-refractivity contribution < 1.29 is 18.3 Å². The summed E-state index contributed by atoms with van der Waals surface area (Å²) in [7, 11) is -3.54. The minimum Gasteiger partial charge on any atom is -0.480 e. The first-order valence-corrected chi connectivity index (χ1v) is 7.67. The van der Waals surface area contributed by atoms with Crippen LogP contribution in [-0.2, 0) is 21.1 Å². The molecule has 1 aromatic carbocycles. The van der Waals surface area contributed by atoms with E-state index in [4.69, 9.17) is 5.11 Å². The summed E-state index contributed by atoms with van der Waals surface area (Å²) in [5.41, 5.74) is 1.07. The maximum Gasteiger partial charge on any atom is 0.321 e. The van der Waals surface area contributed by atoms with Gasteiger partial charge in [-0.25, -0.2) is 8.42 Å². The summed E-state index contributed by atoms with van der Waals surface area (Å²) < 4.78 is 23.6. The molecule has 1 N–H and O–H groups in total. The summed E-state index contributed by atoms with van der Waals surface area (Å²) >= 11 is 0. The lowest BCUT2D eigenvalue weighted by atomic mass is 10.1. The third-order valence-corrected chi connectivity index (χ3v) is 5.08. The number of carboxylic acids is 1. The van der Waals surface area contributed by atoms with Gasteiger partial charge in [-0.3, -0.25) is 4.79 Å². The third-order valence-electron chi connectivity index (χ3n) is 2.82. The normalized spacial score (nSPS) is 13.2. The molecule has 0 heterocycles. The molecule has 1 unspecified atom stereocenters. The summed E-state index contributed by atoms with van der Waals surface area (Å²) in [5.74, 6) is -1.33. The average molecular weight is 270 g/mol. The molecule has 18 heavy (non-hydrogen) atoms. The average Bonchev–Trinajstić information content (AvgIpc) is 2.30. The molecule has 0 aliphatic rings. The second-order valence-corrected chi connectivity index (χ2v) is 6.49. The van der Waals surface area contributed by atoms with Crippen molar-refractivity contribution in [3.8, 4) is 0 Å². The van der Waals surface area contributed by atoms with Crippen LogP contribution in [0, 0.1) is 0 Å². The van der Waals surface area contributed by atoms with Gasteiger partial charge in [-0.15, -0.1) is 0 Å². The third kappa shape index (κ3) is 4.14. The molecular formula is C13H18O4S. The summed E-state index contributed by atoms with van der Waals surface area (Å²) in [6, 6.07) is 9.56. The van der Waals surface area contributed by atoms with Gasteiger partial charge in [-0.1, -0.05) is 37.3 Å². The van der Waals surface area contributed by atoms with Crippen molar-refractivity contribution in [3.63, 3.8) is 0 Å². The molecule has 1 rings (SSSR count). The van der Waals surface area contributed by atoms with E-state index in [-0.39, 0.29) is 12.2 Å². The van der Waals surface area contributed by atoms with Crippen LogP contribution in [-0.4, -0.2) is 30.5 Å². The molecular weight excluding hydrogens is 252 g/mol. The Kier molecular flexibility index (Phi) is 5.34. The first-order valence-electron chi connectivity index (χ1n) is 5.95. The van der Waals surface area contributed by atoms with E-state index >= 15 is 0 Å². The second kappa shape index (κ2) is 6.54. The lowest BCUT2D eigenvalue weighted by Gasteiger charge is -2.11. The summed E-state index contributed by atoms with van der Waals surface area (Å²) in [4.78, 5) is 10.8. The molecule has 0 aliphatic carbocycles. The van der Waals surface area contributed by atoms with Crippen LogP contribution >= 0.6 is 0 Å². The summed E-state index contributed by atoms with van der Waals surface area (Å²) in [6.45, 7) is 1.58. The largest absolute Gasteiger partial charge is 0.480 e. The monoisotopic (exact) mass is 270 g/mol. The number of aliphatic carboxylic acids is 1. The molecule has 0 bridgehead atoms. The summed E-state index contributed by atoms with van der Waals surface area (Å²) in [5, 5.41) is 7.58. The highest BCUT2D eigenvalue weighted by molar-refractivity contribution is 7.92. The highest BCUT2D eigenvalue weighted by Gasteiger charge is 2.29. The Morgan fingerprint density at radius 2 is 1.89 bits per heavy atom. The molecule has 0 aliphatic heterocycles. The number of aryl methyl sites for hydroxylation is 1. The fourth-order valence-corrected chi connectivity index (χ4v) is 3.49. The van der Waals surface area contributed by atoms with Crippen LogP contribution in [0.2, 0.25) is 0 Å². The molecule has 0 fully saturated rings. The van der Waals surface area contributed by atoms with Crippen molar-refractivity contribution in [1.82, 2.24) is 0 Å². The van der Waals surface area contributed by atoms with E-state index in [0.717, 1.165) is 5.56 Å². The maximum atomic E-state index is 11.8. The standard InChI is InChI=1S/C13H18O4S/c1-2-12(13(14)15)18(16,17)10-6-9-11-7-4-3-5-8-11/h3-5,7-8,12H,2,6,9-10H2,1H3,(H,14,15). The summed E-state index contributed by atoms with van der Waals surface area (Å²) in [6.07, 6.45) is 1.22. The Bertz CT molecular complexity index is 479. The highest BCUT2D eigenvalue weighted by atomic mass is 32.2. The van der Waals surface area contributed by atoms with Crippen molar-refractivity contribution in [3.05, 3.63) is 35.9 Å². The van der Waals surface area contributed by atoms with Crippen molar-refractivity contribution in [2.75, 3.05) is 5.75 Å². The van der Waals surface area contributed by atoms with Crippen LogP contribution in [0.4, 0.5) is 0 Å². The number of hydrogen-bond acceptors (Lipinski definition) is 3. The van der Waals surface area contributed by atoms with Crippen LogP contribution in [0.1, 0.15) is 25.3 Å². The quantitative estimate of drug-likeness (QED) is 0.821. The molecule has 0 aromatic heterocycles. The number of carbonyl (C=O) groups is 1. The Balaban J connectivity index is 2.55. The lowest BCUT2D eigenvalue weighted by molar-refractivity contribution is -0.136. The first-order chi connectivity index (χ1) is 8.47. The van der Waals surface area contributed by atoms with Crippen LogP contribution in [0.3, 0.4) is 0 Å². The molecule has 0 spiro atoms. The molecule has 4 nitrogen and oxygen atoms in total. The topological polar surface area (TPSA) is 71.4 Å². The van der Waals surface area contributed by atoms with Crippen molar-refractivity contribution >= 4 is 15.8 Å². The predicted molar refractivity (Wildman–Crippen MR) is 70.3 cm³/mol. The van der Waals surface area contributed by atoms with Gasteiger partial charge < -0.3 is 5.11 Å². The van der Waals surface area contributed by atoms with Crippen LogP contribution < -0.4 is 0 Å². The molecule has 1 aromatic rings. The van der Waals surface area contributed by atoms with E-state index in [1.807, 2.05) is 30.3 Å². The number of hydrogen-bond donors (Lipinski definition) is 1. The molecule has 5 heteroatoms. The molecule has 100 valence electrons. The zero-order valence-electron chi connectivity index (χ0n) is 10.4. The molecule has 0 radical (unpaired) electrons. The number of rotatable bonds is 7. The van der Waals surface area contributed by atoms with Gasteiger partial charge in [0.2, 0.25) is 0 Å². The van der Waals surface area contributed by atoms with Gasteiger partial charge in [0.1, 0.15) is 0 Å². The number of benzene rings is 1. The van der Waals surface area contributed by atoms with Gasteiger partial charge in [0, 0.05) is 0 Å². The van der Waals surface area contributed by atoms with E-state index < -0.39 is 21.1 Å². The Hall–Kier alpha value is -1.36. The lowest BCUT2D eigenvalue weighted by Crippen LogP contribution is -2.31. The van der Waals surface area contributed by atoms with Gasteiger partial charge in [0.25, 0.3) is 0 Å². The van der Waals surface area contributed by atoms with Crippen molar-refractivity contribution in [1.29, 1.82) is 0 Å². The molecule has 1 atom stereocenters. The Morgan fingerprint density at radius 3 is 2.39 bits per heavy atom. The SMILES string of the molecule is CCC(C(=O)O)S(=O)(=O)CCCc1ccccc1. The van der Waals surface area contributed by atoms with Gasteiger partial charge >= 0.3 is 5.97 Å². The van der Waals surface area contributed by atoms with Crippen LogP contribution in [0.25, 0.3) is 0 Å². The van der Waals surface area contributed by atoms with E-state index in [1.54, 1.807) is 6.92 Å². The van der Waals surface area contributed by atoms with Crippen LogP contribution in [0.15, 0.2) is 30.3 Å². The van der Waals surface area contributed by atoms with Crippen molar-refractivity contribution in [2.24, 2.45) is 0 Å². The van der Waals surface area contributed by atoms with E-state index in [1.165, 1.54) is 0 Å². The fraction of sp³-hybridized carbons (Fsp3) is 0.462. The van der Waals surface area contributed by atoms with E-state index in [0.29, 0.717) is 12.8 Å². The second-order valence-electron chi connectivity index (χ2n) is 4.19. The first kappa shape index (κ1) is 14.7.